The predicted octanol–water partition coefficient (Wildman–Crippen LogP) is 2.59. The van der Waals surface area contributed by atoms with Crippen LogP contribution in [0.4, 0.5) is 5.82 Å². The third-order valence-electron chi connectivity index (χ3n) is 4.12. The van der Waals surface area contributed by atoms with Gasteiger partial charge in [0.2, 0.25) is 0 Å². The Morgan fingerprint density at radius 2 is 1.72 bits per heavy atom. The summed E-state index contributed by atoms with van der Waals surface area (Å²) in [6.45, 7) is 11.2. The molecule has 1 aromatic rings. The van der Waals surface area contributed by atoms with Crippen molar-refractivity contribution in [3.05, 3.63) is 23.9 Å². The van der Waals surface area contributed by atoms with Crippen LogP contribution < -0.4 is 4.90 Å². The molecule has 0 radical (unpaired) electrons. The van der Waals surface area contributed by atoms with Crippen molar-refractivity contribution in [2.75, 3.05) is 38.1 Å². The molecule has 0 N–H and O–H groups in total. The van der Waals surface area contributed by atoms with Crippen molar-refractivity contribution >= 4 is 5.82 Å². The maximum atomic E-state index is 4.64. The molecule has 0 spiro atoms. The van der Waals surface area contributed by atoms with Gasteiger partial charge in [0, 0.05) is 32.4 Å². The van der Waals surface area contributed by atoms with Gasteiger partial charge in [0.1, 0.15) is 5.82 Å². The topological polar surface area (TPSA) is 19.4 Å². The number of pyridine rings is 1. The summed E-state index contributed by atoms with van der Waals surface area (Å²) in [4.78, 5) is 9.38. The van der Waals surface area contributed by atoms with Gasteiger partial charge >= 0.3 is 0 Å². The monoisotopic (exact) mass is 247 g/mol. The smallest absolute Gasteiger partial charge is 0.128 e. The fraction of sp³-hybridized carbons (Fsp3) is 0.667. The number of hydrogen-bond acceptors (Lipinski definition) is 3. The molecule has 0 aromatic carbocycles. The van der Waals surface area contributed by atoms with Crippen LogP contribution in [0, 0.1) is 5.92 Å². The van der Waals surface area contributed by atoms with Gasteiger partial charge < -0.3 is 9.80 Å². The molecule has 18 heavy (non-hydrogen) atoms. The molecule has 0 unspecified atom stereocenters. The quantitative estimate of drug-likeness (QED) is 0.818. The van der Waals surface area contributed by atoms with E-state index in [0.29, 0.717) is 11.8 Å². The second-order valence-corrected chi connectivity index (χ2v) is 5.77. The highest BCUT2D eigenvalue weighted by atomic mass is 15.3. The average Bonchev–Trinajstić information content (AvgIpc) is 2.39. The summed E-state index contributed by atoms with van der Waals surface area (Å²) in [6, 6.07) is 4.42. The Bertz CT molecular complexity index is 364. The minimum absolute atomic E-state index is 0.582. The van der Waals surface area contributed by atoms with Crippen molar-refractivity contribution < 1.29 is 0 Å². The van der Waals surface area contributed by atoms with E-state index in [-0.39, 0.29) is 0 Å². The number of anilines is 1. The van der Waals surface area contributed by atoms with Crippen LogP contribution in [0.15, 0.2) is 18.3 Å². The van der Waals surface area contributed by atoms with E-state index in [9.17, 15) is 0 Å². The van der Waals surface area contributed by atoms with Gasteiger partial charge in [-0.05, 0) is 30.5 Å². The molecule has 3 heteroatoms. The Hall–Kier alpha value is -1.09. The highest BCUT2D eigenvalue weighted by Crippen LogP contribution is 2.24. The molecule has 0 aliphatic carbocycles. The molecule has 3 nitrogen and oxygen atoms in total. The van der Waals surface area contributed by atoms with Crippen LogP contribution >= 0.6 is 0 Å². The third-order valence-corrected chi connectivity index (χ3v) is 4.12. The standard InChI is InChI=1S/C15H25N3/c1-12(2)13(3)14-5-6-15(16-11-14)18-9-7-17(4)8-10-18/h5-6,11-13H,7-10H2,1-4H3/t13-/m0/s1. The second-order valence-electron chi connectivity index (χ2n) is 5.77. The number of likely N-dealkylation sites (N-methyl/N-ethyl adjacent to an activating group) is 1. The Balaban J connectivity index is 2.03. The molecule has 0 bridgehead atoms. The zero-order valence-corrected chi connectivity index (χ0v) is 12.1. The van der Waals surface area contributed by atoms with Gasteiger partial charge in [0.05, 0.1) is 0 Å². The first-order valence-corrected chi connectivity index (χ1v) is 6.97. The fourth-order valence-electron chi connectivity index (χ4n) is 2.27. The van der Waals surface area contributed by atoms with Crippen molar-refractivity contribution in [2.45, 2.75) is 26.7 Å². The zero-order chi connectivity index (χ0) is 13.1. The van der Waals surface area contributed by atoms with Gasteiger partial charge in [-0.15, -0.1) is 0 Å². The minimum atomic E-state index is 0.582. The Labute approximate surface area is 111 Å². The largest absolute Gasteiger partial charge is 0.354 e. The van der Waals surface area contributed by atoms with Crippen LogP contribution in [0.1, 0.15) is 32.3 Å². The summed E-state index contributed by atoms with van der Waals surface area (Å²) < 4.78 is 0. The lowest BCUT2D eigenvalue weighted by molar-refractivity contribution is 0.312. The first kappa shape index (κ1) is 13.3. The lowest BCUT2D eigenvalue weighted by Crippen LogP contribution is -2.44. The SMILES string of the molecule is CC(C)[C@H](C)c1ccc(N2CCN(C)CC2)nc1. The maximum absolute atomic E-state index is 4.64. The van der Waals surface area contributed by atoms with E-state index in [1.807, 2.05) is 0 Å². The number of piperazine rings is 1. The third kappa shape index (κ3) is 3.02. The first-order valence-electron chi connectivity index (χ1n) is 6.97. The van der Waals surface area contributed by atoms with E-state index in [0.717, 1.165) is 32.0 Å². The van der Waals surface area contributed by atoms with E-state index in [2.05, 4.69) is 60.9 Å². The van der Waals surface area contributed by atoms with Gasteiger partial charge in [0.15, 0.2) is 0 Å². The van der Waals surface area contributed by atoms with Crippen LogP contribution in [-0.4, -0.2) is 43.1 Å². The molecule has 0 saturated carbocycles. The zero-order valence-electron chi connectivity index (χ0n) is 12.1. The lowest BCUT2D eigenvalue weighted by atomic mass is 9.91. The number of nitrogens with zero attached hydrogens (tertiary/aromatic N) is 3. The van der Waals surface area contributed by atoms with Crippen LogP contribution in [0.25, 0.3) is 0 Å². The second kappa shape index (κ2) is 5.70. The highest BCUT2D eigenvalue weighted by molar-refractivity contribution is 5.40. The normalized spacial score (nSPS) is 19.3. The molecule has 1 fully saturated rings. The minimum Gasteiger partial charge on any atom is -0.354 e. The van der Waals surface area contributed by atoms with Crippen molar-refractivity contribution in [2.24, 2.45) is 5.92 Å². The van der Waals surface area contributed by atoms with E-state index in [1.54, 1.807) is 0 Å². The van der Waals surface area contributed by atoms with Gasteiger partial charge in [-0.3, -0.25) is 0 Å². The van der Waals surface area contributed by atoms with Crippen LogP contribution in [0.2, 0.25) is 0 Å². The van der Waals surface area contributed by atoms with Crippen LogP contribution in [0.5, 0.6) is 0 Å². The molecule has 1 aromatic heterocycles. The van der Waals surface area contributed by atoms with Gasteiger partial charge in [-0.1, -0.05) is 26.8 Å². The maximum Gasteiger partial charge on any atom is 0.128 e. The van der Waals surface area contributed by atoms with Gasteiger partial charge in [-0.2, -0.15) is 0 Å². The summed E-state index contributed by atoms with van der Waals surface area (Å²) in [5.74, 6) is 2.38. The summed E-state index contributed by atoms with van der Waals surface area (Å²) in [6.07, 6.45) is 2.05. The molecule has 1 aliphatic heterocycles. The summed E-state index contributed by atoms with van der Waals surface area (Å²) in [5, 5.41) is 0. The van der Waals surface area contributed by atoms with E-state index < -0.39 is 0 Å². The molecule has 1 aliphatic rings. The molecule has 2 rings (SSSR count). The van der Waals surface area contributed by atoms with Gasteiger partial charge in [-0.25, -0.2) is 4.98 Å². The van der Waals surface area contributed by atoms with Crippen LogP contribution in [-0.2, 0) is 0 Å². The molecule has 100 valence electrons. The number of hydrogen-bond donors (Lipinski definition) is 0. The Morgan fingerprint density at radius 3 is 2.22 bits per heavy atom. The summed E-state index contributed by atoms with van der Waals surface area (Å²) in [7, 11) is 2.18. The Morgan fingerprint density at radius 1 is 1.06 bits per heavy atom. The van der Waals surface area contributed by atoms with Crippen molar-refractivity contribution in [3.8, 4) is 0 Å². The van der Waals surface area contributed by atoms with Crippen molar-refractivity contribution in [3.63, 3.8) is 0 Å². The van der Waals surface area contributed by atoms with Crippen molar-refractivity contribution in [1.29, 1.82) is 0 Å². The molecule has 2 heterocycles. The predicted molar refractivity (Wildman–Crippen MR) is 77.2 cm³/mol. The van der Waals surface area contributed by atoms with E-state index in [4.69, 9.17) is 0 Å². The first-order chi connectivity index (χ1) is 8.58. The number of rotatable bonds is 3. The Kier molecular flexibility index (Phi) is 4.23. The fourth-order valence-corrected chi connectivity index (χ4v) is 2.27. The van der Waals surface area contributed by atoms with E-state index >= 15 is 0 Å². The molecule has 1 saturated heterocycles. The molecule has 0 amide bonds. The van der Waals surface area contributed by atoms with Crippen molar-refractivity contribution in [1.82, 2.24) is 9.88 Å². The summed E-state index contributed by atoms with van der Waals surface area (Å²) in [5.41, 5.74) is 1.35. The molecular formula is C15H25N3. The number of aromatic nitrogens is 1. The van der Waals surface area contributed by atoms with Gasteiger partial charge in [0.25, 0.3) is 0 Å². The highest BCUT2D eigenvalue weighted by Gasteiger charge is 2.16. The molecule has 1 atom stereocenters. The van der Waals surface area contributed by atoms with E-state index in [1.165, 1.54) is 5.56 Å². The summed E-state index contributed by atoms with van der Waals surface area (Å²) >= 11 is 0. The molecular weight excluding hydrogens is 222 g/mol. The average molecular weight is 247 g/mol. The lowest BCUT2D eigenvalue weighted by Gasteiger charge is -2.33. The van der Waals surface area contributed by atoms with Crippen LogP contribution in [0.3, 0.4) is 0 Å².